The van der Waals surface area contributed by atoms with Gasteiger partial charge >= 0.3 is 0 Å². The molecule has 0 atom stereocenters. The van der Waals surface area contributed by atoms with E-state index in [9.17, 15) is 4.79 Å². The van der Waals surface area contributed by atoms with Crippen LogP contribution >= 0.6 is 0 Å². The number of hydrogen-bond donors (Lipinski definition) is 1. The van der Waals surface area contributed by atoms with Crippen molar-refractivity contribution in [1.29, 1.82) is 0 Å². The largest absolute Gasteiger partial charge is 0.493 e. The average Bonchev–Trinajstić information content (AvgIpc) is 2.82. The van der Waals surface area contributed by atoms with Gasteiger partial charge in [-0.25, -0.2) is 0 Å². The Bertz CT molecular complexity index is 950. The molecule has 174 valence electrons. The number of ether oxygens (including phenoxy) is 2. The van der Waals surface area contributed by atoms with Crippen LogP contribution in [0.1, 0.15) is 30.9 Å². The van der Waals surface area contributed by atoms with Crippen LogP contribution in [0.2, 0.25) is 0 Å². The summed E-state index contributed by atoms with van der Waals surface area (Å²) in [7, 11) is 5.39. The number of nitrogens with zero attached hydrogens (tertiary/aromatic N) is 4. The second kappa shape index (κ2) is 9.92. The van der Waals surface area contributed by atoms with Crippen molar-refractivity contribution in [3.05, 3.63) is 23.9 Å². The molecule has 0 unspecified atom stereocenters. The molecular formula is C24H35N5O3. The van der Waals surface area contributed by atoms with Crippen molar-refractivity contribution < 1.29 is 14.3 Å². The number of piperidine rings is 1. The smallest absolute Gasteiger partial charge is 0.223 e. The van der Waals surface area contributed by atoms with Crippen molar-refractivity contribution in [2.75, 3.05) is 72.8 Å². The molecule has 2 N–H and O–H groups in total. The Morgan fingerprint density at radius 3 is 2.34 bits per heavy atom. The Morgan fingerprint density at radius 2 is 1.69 bits per heavy atom. The number of nitrogen functional groups attached to an aromatic ring is 1. The monoisotopic (exact) mass is 441 g/mol. The summed E-state index contributed by atoms with van der Waals surface area (Å²) in [5, 5.41) is 0.931. The van der Waals surface area contributed by atoms with E-state index >= 15 is 0 Å². The Morgan fingerprint density at radius 1 is 1.03 bits per heavy atom. The van der Waals surface area contributed by atoms with Gasteiger partial charge in [-0.2, -0.15) is 0 Å². The molecule has 0 spiro atoms. The van der Waals surface area contributed by atoms with Crippen LogP contribution in [-0.2, 0) is 4.79 Å². The van der Waals surface area contributed by atoms with Crippen LogP contribution < -0.4 is 15.2 Å². The molecule has 0 radical (unpaired) electrons. The fraction of sp³-hybridized carbons (Fsp3) is 0.583. The number of carbonyl (C=O) groups excluding carboxylic acids is 1. The summed E-state index contributed by atoms with van der Waals surface area (Å²) in [5.41, 5.74) is 8.86. The van der Waals surface area contributed by atoms with Gasteiger partial charge in [-0.3, -0.25) is 9.78 Å². The predicted molar refractivity (Wildman–Crippen MR) is 126 cm³/mol. The van der Waals surface area contributed by atoms with Gasteiger partial charge in [0.25, 0.3) is 0 Å². The molecule has 0 saturated carbocycles. The number of rotatable bonds is 6. The summed E-state index contributed by atoms with van der Waals surface area (Å²) in [6, 6.07) is 5.77. The zero-order chi connectivity index (χ0) is 22.7. The first-order valence-corrected chi connectivity index (χ1v) is 11.5. The van der Waals surface area contributed by atoms with Gasteiger partial charge in [0.15, 0.2) is 11.5 Å². The molecule has 1 aromatic heterocycles. The van der Waals surface area contributed by atoms with E-state index in [-0.39, 0.29) is 11.8 Å². The van der Waals surface area contributed by atoms with Crippen molar-refractivity contribution in [1.82, 2.24) is 19.7 Å². The fourth-order valence-corrected chi connectivity index (χ4v) is 4.74. The molecule has 2 fully saturated rings. The van der Waals surface area contributed by atoms with Gasteiger partial charge in [0.2, 0.25) is 5.91 Å². The molecular weight excluding hydrogens is 406 g/mol. The van der Waals surface area contributed by atoms with Gasteiger partial charge in [-0.1, -0.05) is 0 Å². The number of likely N-dealkylation sites (tertiary alicyclic amines) is 1. The number of nitrogens with two attached hydrogens (primary N) is 1. The topological polar surface area (TPSA) is 84.2 Å². The number of likely N-dealkylation sites (N-methyl/N-ethyl adjacent to an activating group) is 1. The maximum absolute atomic E-state index is 12.7. The number of hydrogen-bond acceptors (Lipinski definition) is 7. The third-order valence-electron chi connectivity index (χ3n) is 6.85. The number of fused-ring (bicyclic) bond motifs is 1. The Balaban J connectivity index is 1.37. The number of piperazine rings is 1. The maximum atomic E-state index is 12.7. The third-order valence-corrected chi connectivity index (χ3v) is 6.85. The number of anilines is 1. The van der Waals surface area contributed by atoms with E-state index in [4.69, 9.17) is 20.2 Å². The first-order valence-electron chi connectivity index (χ1n) is 11.5. The number of carbonyl (C=O) groups is 1. The molecule has 0 aliphatic carbocycles. The van der Waals surface area contributed by atoms with Gasteiger partial charge in [-0.05, 0) is 32.0 Å². The van der Waals surface area contributed by atoms with Crippen LogP contribution in [-0.4, -0.2) is 92.7 Å². The van der Waals surface area contributed by atoms with E-state index in [1.54, 1.807) is 14.2 Å². The summed E-state index contributed by atoms with van der Waals surface area (Å²) in [5.74, 6) is 1.84. The van der Waals surface area contributed by atoms with Crippen LogP contribution in [0, 0.1) is 0 Å². The quantitative estimate of drug-likeness (QED) is 0.735. The molecule has 1 aromatic carbocycles. The highest BCUT2D eigenvalue weighted by molar-refractivity contribution is 5.86. The van der Waals surface area contributed by atoms with Crippen LogP contribution in [0.4, 0.5) is 5.69 Å². The Labute approximate surface area is 190 Å². The van der Waals surface area contributed by atoms with E-state index in [2.05, 4.69) is 16.8 Å². The molecule has 2 aliphatic rings. The van der Waals surface area contributed by atoms with Gasteiger partial charge in [0.1, 0.15) is 0 Å². The van der Waals surface area contributed by atoms with Crippen LogP contribution in [0.3, 0.4) is 0 Å². The molecule has 1 amide bonds. The number of aromatic nitrogens is 1. The van der Waals surface area contributed by atoms with Crippen molar-refractivity contribution in [3.63, 3.8) is 0 Å². The second-order valence-corrected chi connectivity index (χ2v) is 8.91. The summed E-state index contributed by atoms with van der Waals surface area (Å²) in [4.78, 5) is 24.4. The number of methoxy groups -OCH3 is 2. The minimum atomic E-state index is 0.258. The number of benzene rings is 1. The highest BCUT2D eigenvalue weighted by Gasteiger charge is 2.27. The lowest BCUT2D eigenvalue weighted by atomic mass is 9.91. The standard InChI is InChI=1S/C24H35N5O3/c1-27-10-12-28(13-11-27)7-6-23(30)29-8-4-17(5-9-29)24-19(25)14-18-15-21(31-2)22(32-3)16-20(18)26-24/h14-17H,4-13,25H2,1-3H3. The first kappa shape index (κ1) is 22.6. The van der Waals surface area contributed by atoms with Crippen molar-refractivity contribution in [3.8, 4) is 11.5 Å². The Kier molecular flexibility index (Phi) is 7.01. The zero-order valence-corrected chi connectivity index (χ0v) is 19.5. The van der Waals surface area contributed by atoms with E-state index in [0.717, 1.165) is 75.3 Å². The molecule has 2 aromatic rings. The fourth-order valence-electron chi connectivity index (χ4n) is 4.74. The predicted octanol–water partition coefficient (Wildman–Crippen LogP) is 2.18. The van der Waals surface area contributed by atoms with E-state index in [1.165, 1.54) is 0 Å². The SMILES string of the molecule is COc1cc2cc(N)c(C3CCN(C(=O)CCN4CCN(C)CC4)CC3)nc2cc1OC. The minimum Gasteiger partial charge on any atom is -0.493 e. The number of pyridine rings is 1. The van der Waals surface area contributed by atoms with Gasteiger partial charge in [0.05, 0.1) is 31.1 Å². The zero-order valence-electron chi connectivity index (χ0n) is 19.5. The summed E-state index contributed by atoms with van der Waals surface area (Å²) in [6.07, 6.45) is 2.37. The lowest BCUT2D eigenvalue weighted by Crippen LogP contribution is -2.46. The summed E-state index contributed by atoms with van der Waals surface area (Å²) >= 11 is 0. The minimum absolute atomic E-state index is 0.258. The molecule has 0 bridgehead atoms. The first-order chi connectivity index (χ1) is 15.5. The molecule has 4 rings (SSSR count). The highest BCUT2D eigenvalue weighted by atomic mass is 16.5. The normalized spacial score (nSPS) is 18.8. The maximum Gasteiger partial charge on any atom is 0.223 e. The molecule has 3 heterocycles. The molecule has 2 aliphatic heterocycles. The molecule has 2 saturated heterocycles. The second-order valence-electron chi connectivity index (χ2n) is 8.91. The number of amides is 1. The van der Waals surface area contributed by atoms with Crippen LogP contribution in [0.15, 0.2) is 18.2 Å². The van der Waals surface area contributed by atoms with Gasteiger partial charge < -0.3 is 29.9 Å². The molecule has 8 nitrogen and oxygen atoms in total. The van der Waals surface area contributed by atoms with E-state index in [0.29, 0.717) is 23.6 Å². The Hall–Kier alpha value is -2.58. The van der Waals surface area contributed by atoms with Crippen LogP contribution in [0.5, 0.6) is 11.5 Å². The molecule has 8 heteroatoms. The van der Waals surface area contributed by atoms with Crippen molar-refractivity contribution in [2.45, 2.75) is 25.2 Å². The average molecular weight is 442 g/mol. The van der Waals surface area contributed by atoms with E-state index in [1.807, 2.05) is 23.1 Å². The highest BCUT2D eigenvalue weighted by Crippen LogP contribution is 2.36. The van der Waals surface area contributed by atoms with Crippen molar-refractivity contribution in [2.24, 2.45) is 0 Å². The molecule has 32 heavy (non-hydrogen) atoms. The summed E-state index contributed by atoms with van der Waals surface area (Å²) in [6.45, 7) is 6.65. The van der Waals surface area contributed by atoms with E-state index < -0.39 is 0 Å². The van der Waals surface area contributed by atoms with Gasteiger partial charge in [-0.15, -0.1) is 0 Å². The third kappa shape index (κ3) is 4.91. The van der Waals surface area contributed by atoms with Crippen LogP contribution in [0.25, 0.3) is 10.9 Å². The lowest BCUT2D eigenvalue weighted by Gasteiger charge is -2.34. The summed E-state index contributed by atoms with van der Waals surface area (Å²) < 4.78 is 10.8. The van der Waals surface area contributed by atoms with Gasteiger partial charge in [0, 0.05) is 69.6 Å². The lowest BCUT2D eigenvalue weighted by molar-refractivity contribution is -0.132. The van der Waals surface area contributed by atoms with Crippen molar-refractivity contribution >= 4 is 22.5 Å².